The molecule has 0 saturated heterocycles. The lowest BCUT2D eigenvalue weighted by Crippen LogP contribution is -2.38. The molecule has 112 valence electrons. The van der Waals surface area contributed by atoms with Gasteiger partial charge in [-0.3, -0.25) is 4.79 Å². The Bertz CT molecular complexity index is 251. The molecule has 4 heteroatoms. The number of hydrogen-bond donors (Lipinski definition) is 3. The first-order valence-corrected chi connectivity index (χ1v) is 7.80. The van der Waals surface area contributed by atoms with Gasteiger partial charge in [-0.05, 0) is 37.6 Å². The van der Waals surface area contributed by atoms with Crippen molar-refractivity contribution in [2.75, 3.05) is 19.7 Å². The molecule has 0 atom stereocenters. The van der Waals surface area contributed by atoms with Crippen LogP contribution in [0.1, 0.15) is 64.2 Å². The van der Waals surface area contributed by atoms with E-state index in [2.05, 4.69) is 5.32 Å². The van der Waals surface area contributed by atoms with Gasteiger partial charge in [0.2, 0.25) is 5.91 Å². The fourth-order valence-corrected chi connectivity index (χ4v) is 2.98. The lowest BCUT2D eigenvalue weighted by atomic mass is 9.71. The van der Waals surface area contributed by atoms with Crippen molar-refractivity contribution in [3.05, 3.63) is 0 Å². The standard InChI is InChI=1S/C15H30N2O2/c16-13-15(8-4-3-5-9-15)12-14(19)17-10-6-1-2-7-11-18/h18H,1-13,16H2,(H,17,19). The van der Waals surface area contributed by atoms with Crippen molar-refractivity contribution >= 4 is 5.91 Å². The first kappa shape index (κ1) is 16.4. The second-order valence-electron chi connectivity index (χ2n) is 5.93. The summed E-state index contributed by atoms with van der Waals surface area (Å²) in [6, 6.07) is 0. The van der Waals surface area contributed by atoms with Gasteiger partial charge in [0.05, 0.1) is 0 Å². The van der Waals surface area contributed by atoms with E-state index >= 15 is 0 Å². The van der Waals surface area contributed by atoms with Gasteiger partial charge in [0.1, 0.15) is 0 Å². The zero-order valence-corrected chi connectivity index (χ0v) is 12.1. The molecule has 19 heavy (non-hydrogen) atoms. The maximum atomic E-state index is 12.0. The number of carbonyl (C=O) groups excluding carboxylic acids is 1. The summed E-state index contributed by atoms with van der Waals surface area (Å²) in [5.74, 6) is 0.162. The van der Waals surface area contributed by atoms with Gasteiger partial charge in [0.15, 0.2) is 0 Å². The van der Waals surface area contributed by atoms with Crippen molar-refractivity contribution in [1.29, 1.82) is 0 Å². The Hall–Kier alpha value is -0.610. The Morgan fingerprint density at radius 1 is 1.11 bits per heavy atom. The molecule has 0 aromatic carbocycles. The van der Waals surface area contributed by atoms with E-state index in [9.17, 15) is 4.79 Å². The third-order valence-corrected chi connectivity index (χ3v) is 4.29. The summed E-state index contributed by atoms with van der Waals surface area (Å²) in [5.41, 5.74) is 5.96. The zero-order chi connectivity index (χ0) is 14.0. The van der Waals surface area contributed by atoms with Crippen LogP contribution in [-0.2, 0) is 4.79 Å². The number of rotatable bonds is 9. The molecule has 0 unspecified atom stereocenters. The van der Waals surface area contributed by atoms with Gasteiger partial charge in [-0.2, -0.15) is 0 Å². The molecule has 0 radical (unpaired) electrons. The van der Waals surface area contributed by atoms with Crippen molar-refractivity contribution < 1.29 is 9.90 Å². The van der Waals surface area contributed by atoms with E-state index in [0.29, 0.717) is 13.0 Å². The molecular weight excluding hydrogens is 240 g/mol. The van der Waals surface area contributed by atoms with Gasteiger partial charge in [0.25, 0.3) is 0 Å². The third-order valence-electron chi connectivity index (χ3n) is 4.29. The number of amides is 1. The normalized spacial score (nSPS) is 18.2. The van der Waals surface area contributed by atoms with E-state index in [1.165, 1.54) is 19.3 Å². The van der Waals surface area contributed by atoms with E-state index in [1.54, 1.807) is 0 Å². The third kappa shape index (κ3) is 6.39. The molecule has 0 spiro atoms. The van der Waals surface area contributed by atoms with Crippen molar-refractivity contribution in [2.24, 2.45) is 11.1 Å². The summed E-state index contributed by atoms with van der Waals surface area (Å²) in [4.78, 5) is 12.0. The Morgan fingerprint density at radius 3 is 2.42 bits per heavy atom. The van der Waals surface area contributed by atoms with E-state index in [1.807, 2.05) is 0 Å². The number of aliphatic hydroxyl groups excluding tert-OH is 1. The number of nitrogens with two attached hydrogens (primary N) is 1. The first-order valence-electron chi connectivity index (χ1n) is 7.80. The van der Waals surface area contributed by atoms with Gasteiger partial charge in [-0.1, -0.05) is 32.1 Å². The lowest BCUT2D eigenvalue weighted by molar-refractivity contribution is -0.123. The minimum atomic E-state index is 0.0687. The van der Waals surface area contributed by atoms with Crippen LogP contribution < -0.4 is 11.1 Å². The van der Waals surface area contributed by atoms with Gasteiger partial charge in [0, 0.05) is 19.6 Å². The molecule has 1 fully saturated rings. The summed E-state index contributed by atoms with van der Waals surface area (Å²) in [7, 11) is 0. The van der Waals surface area contributed by atoms with Gasteiger partial charge in [-0.15, -0.1) is 0 Å². The maximum absolute atomic E-state index is 12.0. The van der Waals surface area contributed by atoms with Crippen LogP contribution in [0.15, 0.2) is 0 Å². The van der Waals surface area contributed by atoms with Crippen LogP contribution in [0.4, 0.5) is 0 Å². The van der Waals surface area contributed by atoms with Crippen molar-refractivity contribution in [1.82, 2.24) is 5.32 Å². The Morgan fingerprint density at radius 2 is 1.79 bits per heavy atom. The molecule has 1 rings (SSSR count). The predicted octanol–water partition coefficient (Wildman–Crippen LogP) is 1.95. The van der Waals surface area contributed by atoms with Crippen molar-refractivity contribution in [2.45, 2.75) is 64.2 Å². The number of aliphatic hydroxyl groups is 1. The Labute approximate surface area is 117 Å². The fraction of sp³-hybridized carbons (Fsp3) is 0.933. The maximum Gasteiger partial charge on any atom is 0.220 e. The first-order chi connectivity index (χ1) is 9.22. The monoisotopic (exact) mass is 270 g/mol. The number of unbranched alkanes of at least 4 members (excludes halogenated alkanes) is 3. The van der Waals surface area contributed by atoms with Gasteiger partial charge < -0.3 is 16.2 Å². The fourth-order valence-electron chi connectivity index (χ4n) is 2.98. The van der Waals surface area contributed by atoms with E-state index in [4.69, 9.17) is 10.8 Å². The van der Waals surface area contributed by atoms with Gasteiger partial charge >= 0.3 is 0 Å². The second-order valence-corrected chi connectivity index (χ2v) is 5.93. The van der Waals surface area contributed by atoms with Crippen LogP contribution >= 0.6 is 0 Å². The summed E-state index contributed by atoms with van der Waals surface area (Å²) in [6.45, 7) is 1.66. The minimum absolute atomic E-state index is 0.0687. The van der Waals surface area contributed by atoms with E-state index < -0.39 is 0 Å². The predicted molar refractivity (Wildman–Crippen MR) is 77.8 cm³/mol. The lowest BCUT2D eigenvalue weighted by Gasteiger charge is -2.35. The van der Waals surface area contributed by atoms with Gasteiger partial charge in [-0.25, -0.2) is 0 Å². The largest absolute Gasteiger partial charge is 0.396 e. The molecule has 0 heterocycles. The highest BCUT2D eigenvalue weighted by Gasteiger charge is 2.32. The van der Waals surface area contributed by atoms with Crippen LogP contribution in [0.3, 0.4) is 0 Å². The summed E-state index contributed by atoms with van der Waals surface area (Å²) < 4.78 is 0. The van der Waals surface area contributed by atoms with Crippen LogP contribution in [-0.4, -0.2) is 30.7 Å². The molecule has 0 bridgehead atoms. The highest BCUT2D eigenvalue weighted by atomic mass is 16.2. The molecular formula is C15H30N2O2. The number of hydrogen-bond acceptors (Lipinski definition) is 3. The molecule has 1 saturated carbocycles. The molecule has 1 aliphatic rings. The molecule has 4 nitrogen and oxygen atoms in total. The second kappa shape index (κ2) is 9.32. The minimum Gasteiger partial charge on any atom is -0.396 e. The highest BCUT2D eigenvalue weighted by molar-refractivity contribution is 5.76. The van der Waals surface area contributed by atoms with Crippen molar-refractivity contribution in [3.63, 3.8) is 0 Å². The highest BCUT2D eigenvalue weighted by Crippen LogP contribution is 2.38. The Kier molecular flexibility index (Phi) is 8.07. The molecule has 0 aromatic rings. The smallest absolute Gasteiger partial charge is 0.220 e. The van der Waals surface area contributed by atoms with Crippen LogP contribution in [0.2, 0.25) is 0 Å². The van der Waals surface area contributed by atoms with Crippen molar-refractivity contribution in [3.8, 4) is 0 Å². The average Bonchev–Trinajstić information content (AvgIpc) is 2.43. The quantitative estimate of drug-likeness (QED) is 0.561. The van der Waals surface area contributed by atoms with E-state index in [0.717, 1.165) is 45.1 Å². The van der Waals surface area contributed by atoms with E-state index in [-0.39, 0.29) is 17.9 Å². The molecule has 1 aliphatic carbocycles. The molecule has 0 aliphatic heterocycles. The topological polar surface area (TPSA) is 75.4 Å². The average molecular weight is 270 g/mol. The molecule has 1 amide bonds. The number of nitrogens with one attached hydrogen (secondary N) is 1. The van der Waals surface area contributed by atoms with Crippen LogP contribution in [0.5, 0.6) is 0 Å². The summed E-state index contributed by atoms with van der Waals surface area (Å²) in [5, 5.41) is 11.7. The molecule has 0 aromatic heterocycles. The summed E-state index contributed by atoms with van der Waals surface area (Å²) in [6.07, 6.45) is 10.5. The SMILES string of the molecule is NCC1(CC(=O)NCCCCCCO)CCCCC1. The Balaban J connectivity index is 2.15. The molecule has 4 N–H and O–H groups in total. The van der Waals surface area contributed by atoms with Crippen LogP contribution in [0.25, 0.3) is 0 Å². The van der Waals surface area contributed by atoms with Crippen LogP contribution in [0, 0.1) is 5.41 Å². The summed E-state index contributed by atoms with van der Waals surface area (Å²) >= 11 is 0. The zero-order valence-electron chi connectivity index (χ0n) is 12.1. The number of carbonyl (C=O) groups is 1.